The molecule has 0 aliphatic carbocycles. The van der Waals surface area contributed by atoms with Crippen molar-refractivity contribution in [2.45, 2.75) is 6.92 Å². The Bertz CT molecular complexity index is 608. The number of ether oxygens (including phenoxy) is 1. The predicted octanol–water partition coefficient (Wildman–Crippen LogP) is 2.28. The van der Waals surface area contributed by atoms with Gasteiger partial charge in [-0.25, -0.2) is 9.78 Å². The second-order valence-corrected chi connectivity index (χ2v) is 3.55. The standard InChI is InChI=1S/C13H12N2O3/c1-2-3-8-18-12-9-6-4-5-7-10(9)14-11(15-12)13(16)17/h2-7H,8H2,1H3,(H,16,17). The van der Waals surface area contributed by atoms with Crippen LogP contribution in [0.2, 0.25) is 0 Å². The molecule has 0 aliphatic rings. The van der Waals surface area contributed by atoms with E-state index in [1.54, 1.807) is 18.2 Å². The number of aromatic nitrogens is 2. The van der Waals surface area contributed by atoms with Crippen LogP contribution in [0.4, 0.5) is 0 Å². The Hall–Kier alpha value is -2.43. The fraction of sp³-hybridized carbons (Fsp3) is 0.154. The topological polar surface area (TPSA) is 72.3 Å². The third kappa shape index (κ3) is 2.45. The van der Waals surface area contributed by atoms with Gasteiger partial charge in [-0.3, -0.25) is 0 Å². The van der Waals surface area contributed by atoms with Crippen molar-refractivity contribution in [1.29, 1.82) is 0 Å². The van der Waals surface area contributed by atoms with E-state index in [1.807, 2.05) is 25.1 Å². The lowest BCUT2D eigenvalue weighted by Crippen LogP contribution is -2.07. The molecule has 0 radical (unpaired) electrons. The molecule has 0 amide bonds. The third-order valence-electron chi connectivity index (χ3n) is 2.31. The number of carboxylic acid groups (broad SMARTS) is 1. The number of fused-ring (bicyclic) bond motifs is 1. The Morgan fingerprint density at radius 1 is 1.39 bits per heavy atom. The lowest BCUT2D eigenvalue weighted by atomic mass is 10.2. The highest BCUT2D eigenvalue weighted by atomic mass is 16.5. The molecule has 2 aromatic rings. The minimum Gasteiger partial charge on any atom is -0.475 e. The van der Waals surface area contributed by atoms with Crippen molar-refractivity contribution in [2.24, 2.45) is 0 Å². The van der Waals surface area contributed by atoms with Crippen LogP contribution in [0.25, 0.3) is 10.9 Å². The highest BCUT2D eigenvalue weighted by Gasteiger charge is 2.12. The Balaban J connectivity index is 2.50. The van der Waals surface area contributed by atoms with E-state index in [-0.39, 0.29) is 11.7 Å². The highest BCUT2D eigenvalue weighted by molar-refractivity contribution is 5.89. The molecular weight excluding hydrogens is 232 g/mol. The first-order chi connectivity index (χ1) is 8.72. The fourth-order valence-electron chi connectivity index (χ4n) is 1.48. The lowest BCUT2D eigenvalue weighted by molar-refractivity contribution is 0.0682. The summed E-state index contributed by atoms with van der Waals surface area (Å²) in [5.41, 5.74) is 0.556. The van der Waals surface area contributed by atoms with Crippen LogP contribution >= 0.6 is 0 Å². The molecule has 0 aliphatic heterocycles. The SMILES string of the molecule is CC=CCOc1nc(C(=O)O)nc2ccccc12. The molecule has 18 heavy (non-hydrogen) atoms. The third-order valence-corrected chi connectivity index (χ3v) is 2.31. The van der Waals surface area contributed by atoms with E-state index in [1.165, 1.54) is 0 Å². The molecule has 92 valence electrons. The van der Waals surface area contributed by atoms with Crippen molar-refractivity contribution in [3.63, 3.8) is 0 Å². The summed E-state index contributed by atoms with van der Waals surface area (Å²) in [5.74, 6) is -1.14. The van der Waals surface area contributed by atoms with Gasteiger partial charge in [-0.05, 0) is 19.1 Å². The number of carboxylic acids is 1. The Labute approximate surface area is 104 Å². The van der Waals surface area contributed by atoms with Crippen LogP contribution in [-0.4, -0.2) is 27.7 Å². The zero-order valence-corrected chi connectivity index (χ0v) is 9.83. The molecule has 5 heteroatoms. The van der Waals surface area contributed by atoms with Crippen molar-refractivity contribution < 1.29 is 14.6 Å². The average molecular weight is 244 g/mol. The van der Waals surface area contributed by atoms with E-state index in [4.69, 9.17) is 9.84 Å². The molecular formula is C13H12N2O3. The van der Waals surface area contributed by atoms with Crippen LogP contribution in [-0.2, 0) is 0 Å². The van der Waals surface area contributed by atoms with Crippen LogP contribution in [0.1, 0.15) is 17.5 Å². The van der Waals surface area contributed by atoms with Crippen molar-refractivity contribution in [2.75, 3.05) is 6.61 Å². The summed E-state index contributed by atoms with van der Waals surface area (Å²) in [7, 11) is 0. The van der Waals surface area contributed by atoms with E-state index < -0.39 is 5.97 Å². The van der Waals surface area contributed by atoms with Gasteiger partial charge >= 0.3 is 5.97 Å². The molecule has 1 aromatic heterocycles. The van der Waals surface area contributed by atoms with Crippen LogP contribution in [0.15, 0.2) is 36.4 Å². The van der Waals surface area contributed by atoms with Gasteiger partial charge in [-0.1, -0.05) is 24.3 Å². The highest BCUT2D eigenvalue weighted by Crippen LogP contribution is 2.22. The summed E-state index contributed by atoms with van der Waals surface area (Å²) in [6.07, 6.45) is 3.67. The molecule has 1 aromatic carbocycles. The zero-order valence-electron chi connectivity index (χ0n) is 9.83. The van der Waals surface area contributed by atoms with Crippen molar-refractivity contribution in [3.8, 4) is 5.88 Å². The number of benzene rings is 1. The molecule has 1 heterocycles. The Morgan fingerprint density at radius 2 is 2.17 bits per heavy atom. The first-order valence-corrected chi connectivity index (χ1v) is 5.46. The van der Waals surface area contributed by atoms with Gasteiger partial charge in [0, 0.05) is 0 Å². The fourth-order valence-corrected chi connectivity index (χ4v) is 1.48. The summed E-state index contributed by atoms with van der Waals surface area (Å²) in [5, 5.41) is 9.65. The Morgan fingerprint density at radius 3 is 2.89 bits per heavy atom. The second kappa shape index (κ2) is 5.27. The van der Waals surface area contributed by atoms with Crippen molar-refractivity contribution in [1.82, 2.24) is 9.97 Å². The van der Waals surface area contributed by atoms with Gasteiger partial charge in [0.15, 0.2) is 0 Å². The van der Waals surface area contributed by atoms with E-state index in [0.717, 1.165) is 0 Å². The molecule has 0 saturated heterocycles. The summed E-state index contributed by atoms with van der Waals surface area (Å²) in [6, 6.07) is 7.14. The minimum absolute atomic E-state index is 0.260. The molecule has 1 N–H and O–H groups in total. The molecule has 0 bridgehead atoms. The molecule has 0 fully saturated rings. The molecule has 2 rings (SSSR count). The summed E-state index contributed by atoms with van der Waals surface area (Å²) in [4.78, 5) is 18.8. The number of para-hydroxylation sites is 1. The maximum atomic E-state index is 10.9. The summed E-state index contributed by atoms with van der Waals surface area (Å²) >= 11 is 0. The van der Waals surface area contributed by atoms with Gasteiger partial charge in [0.2, 0.25) is 11.7 Å². The number of hydrogen-bond donors (Lipinski definition) is 1. The molecule has 0 spiro atoms. The molecule has 0 unspecified atom stereocenters. The van der Waals surface area contributed by atoms with Crippen LogP contribution in [0, 0.1) is 0 Å². The number of hydrogen-bond acceptors (Lipinski definition) is 4. The maximum Gasteiger partial charge on any atom is 0.374 e. The average Bonchev–Trinajstić information content (AvgIpc) is 2.38. The summed E-state index contributed by atoms with van der Waals surface area (Å²) in [6.45, 7) is 2.22. The number of nitrogens with zero attached hydrogens (tertiary/aromatic N) is 2. The largest absolute Gasteiger partial charge is 0.475 e. The van der Waals surface area contributed by atoms with E-state index in [2.05, 4.69) is 9.97 Å². The predicted molar refractivity (Wildman–Crippen MR) is 66.8 cm³/mol. The number of allylic oxidation sites excluding steroid dienone is 1. The van der Waals surface area contributed by atoms with Crippen LogP contribution < -0.4 is 4.74 Å². The summed E-state index contributed by atoms with van der Waals surface area (Å²) < 4.78 is 5.45. The normalized spacial score (nSPS) is 10.9. The van der Waals surface area contributed by atoms with Crippen molar-refractivity contribution in [3.05, 3.63) is 42.2 Å². The number of aromatic carboxylic acids is 1. The first-order valence-electron chi connectivity index (χ1n) is 5.46. The van der Waals surface area contributed by atoms with E-state index in [0.29, 0.717) is 17.5 Å². The first kappa shape index (κ1) is 12.0. The Kier molecular flexibility index (Phi) is 3.52. The maximum absolute atomic E-state index is 10.9. The zero-order chi connectivity index (χ0) is 13.0. The number of rotatable bonds is 4. The molecule has 0 atom stereocenters. The van der Waals surface area contributed by atoms with E-state index in [9.17, 15) is 4.79 Å². The minimum atomic E-state index is -1.17. The van der Waals surface area contributed by atoms with Gasteiger partial charge < -0.3 is 9.84 Å². The molecule has 0 saturated carbocycles. The van der Waals surface area contributed by atoms with Crippen LogP contribution in [0.3, 0.4) is 0 Å². The van der Waals surface area contributed by atoms with Crippen molar-refractivity contribution >= 4 is 16.9 Å². The quantitative estimate of drug-likeness (QED) is 0.835. The van der Waals surface area contributed by atoms with Gasteiger partial charge in [0.25, 0.3) is 0 Å². The van der Waals surface area contributed by atoms with Gasteiger partial charge in [-0.15, -0.1) is 0 Å². The lowest BCUT2D eigenvalue weighted by Gasteiger charge is -2.06. The van der Waals surface area contributed by atoms with Gasteiger partial charge in [-0.2, -0.15) is 4.98 Å². The smallest absolute Gasteiger partial charge is 0.374 e. The van der Waals surface area contributed by atoms with Gasteiger partial charge in [0.05, 0.1) is 10.9 Å². The monoisotopic (exact) mass is 244 g/mol. The number of carbonyl (C=O) groups is 1. The van der Waals surface area contributed by atoms with E-state index >= 15 is 0 Å². The molecule has 5 nitrogen and oxygen atoms in total. The van der Waals surface area contributed by atoms with Gasteiger partial charge in [0.1, 0.15) is 6.61 Å². The van der Waals surface area contributed by atoms with Crippen LogP contribution in [0.5, 0.6) is 5.88 Å². The second-order valence-electron chi connectivity index (χ2n) is 3.55.